The summed E-state index contributed by atoms with van der Waals surface area (Å²) in [6.07, 6.45) is 14.5. The molecule has 0 saturated heterocycles. The van der Waals surface area contributed by atoms with Crippen molar-refractivity contribution in [2.75, 3.05) is 7.11 Å². The lowest BCUT2D eigenvalue weighted by Gasteiger charge is -2.40. The zero-order chi connectivity index (χ0) is 25.5. The molecule has 2 aliphatic carbocycles. The van der Waals surface area contributed by atoms with E-state index in [0.29, 0.717) is 18.3 Å². The van der Waals surface area contributed by atoms with Gasteiger partial charge in [0.25, 0.3) is 0 Å². The van der Waals surface area contributed by atoms with E-state index in [2.05, 4.69) is 77.8 Å². The Labute approximate surface area is 211 Å². The van der Waals surface area contributed by atoms with Gasteiger partial charge >= 0.3 is 5.97 Å². The maximum atomic E-state index is 11.4. The lowest BCUT2D eigenvalue weighted by atomic mass is 9.86. The molecule has 0 spiro atoms. The molecule has 192 valence electrons. The molecule has 2 saturated carbocycles. The smallest absolute Gasteiger partial charge is 0.305 e. The molecule has 0 aliphatic heterocycles. The van der Waals surface area contributed by atoms with Gasteiger partial charge < -0.3 is 9.16 Å². The van der Waals surface area contributed by atoms with Crippen LogP contribution in [0.4, 0.5) is 0 Å². The molecule has 0 radical (unpaired) electrons. The minimum absolute atomic E-state index is 0.102. The summed E-state index contributed by atoms with van der Waals surface area (Å²) in [5, 5.41) is 0.194. The van der Waals surface area contributed by atoms with E-state index in [1.165, 1.54) is 26.4 Å². The largest absolute Gasteiger partial charge is 0.469 e. The van der Waals surface area contributed by atoms with Gasteiger partial charge in [-0.1, -0.05) is 58.4 Å². The van der Waals surface area contributed by atoms with Crippen molar-refractivity contribution in [3.8, 4) is 11.8 Å². The van der Waals surface area contributed by atoms with E-state index in [9.17, 15) is 4.79 Å². The van der Waals surface area contributed by atoms with E-state index in [0.717, 1.165) is 37.0 Å². The van der Waals surface area contributed by atoms with Crippen molar-refractivity contribution in [1.29, 1.82) is 0 Å². The van der Waals surface area contributed by atoms with Crippen LogP contribution >= 0.6 is 0 Å². The second-order valence-electron chi connectivity index (χ2n) is 12.3. The lowest BCUT2D eigenvalue weighted by molar-refractivity contribution is -0.140. The number of fused-ring (bicyclic) bond motifs is 1. The summed E-state index contributed by atoms with van der Waals surface area (Å²) in [5.74, 6) is 9.54. The molecule has 2 aliphatic rings. The molecule has 3 nitrogen and oxygen atoms in total. The summed E-state index contributed by atoms with van der Waals surface area (Å²) in [6, 6.07) is 0. The van der Waals surface area contributed by atoms with E-state index in [-0.39, 0.29) is 17.1 Å². The quantitative estimate of drug-likeness (QED) is 0.103. The fourth-order valence-corrected chi connectivity index (χ4v) is 6.78. The Bertz CT molecular complexity index is 792. The Morgan fingerprint density at radius 3 is 2.59 bits per heavy atom. The highest BCUT2D eigenvalue weighted by Gasteiger charge is 2.44. The van der Waals surface area contributed by atoms with Crippen molar-refractivity contribution in [3.05, 3.63) is 23.8 Å². The molecule has 34 heavy (non-hydrogen) atoms. The van der Waals surface area contributed by atoms with E-state index < -0.39 is 8.32 Å². The molecule has 0 N–H and O–H groups in total. The van der Waals surface area contributed by atoms with Crippen LogP contribution in [0.1, 0.15) is 86.5 Å². The van der Waals surface area contributed by atoms with Gasteiger partial charge in [0.1, 0.15) is 0 Å². The number of carbonyl (C=O) groups excluding carboxylic acids is 1. The Balaban J connectivity index is 2.09. The van der Waals surface area contributed by atoms with Crippen molar-refractivity contribution in [2.24, 2.45) is 29.6 Å². The predicted molar refractivity (Wildman–Crippen MR) is 146 cm³/mol. The first-order chi connectivity index (χ1) is 15.9. The van der Waals surface area contributed by atoms with Crippen LogP contribution in [-0.2, 0) is 14.0 Å². The average Bonchev–Trinajstić information content (AvgIpc) is 3.27. The third-order valence-corrected chi connectivity index (χ3v) is 13.1. The second-order valence-corrected chi connectivity index (χ2v) is 17.0. The summed E-state index contributed by atoms with van der Waals surface area (Å²) in [6.45, 7) is 18.3. The van der Waals surface area contributed by atoms with Crippen LogP contribution in [-0.4, -0.2) is 27.5 Å². The van der Waals surface area contributed by atoms with Crippen LogP contribution in [0.2, 0.25) is 18.1 Å². The van der Waals surface area contributed by atoms with E-state index in [1.807, 2.05) is 6.92 Å². The molecule has 0 bridgehead atoms. The SMILES string of the molecule is CC#CC[C@H](C)[C@@H](/C=C/[C@@H]1[C@H]2C/C(=C/CCCC(=O)OC)C[C@H]2C[C@H]1C)O[Si](C)(C)C(C)(C)C. The first-order valence-corrected chi connectivity index (χ1v) is 16.3. The Kier molecular flexibility index (Phi) is 10.7. The molecule has 2 fully saturated rings. The molecule has 2 rings (SSSR count). The Morgan fingerprint density at radius 1 is 1.26 bits per heavy atom. The summed E-state index contributed by atoms with van der Waals surface area (Å²) >= 11 is 0. The number of methoxy groups -OCH3 is 1. The van der Waals surface area contributed by atoms with Crippen molar-refractivity contribution in [1.82, 2.24) is 0 Å². The van der Waals surface area contributed by atoms with E-state index in [1.54, 1.807) is 5.57 Å². The van der Waals surface area contributed by atoms with Crippen molar-refractivity contribution in [2.45, 2.75) is 111 Å². The number of carbonyl (C=O) groups is 1. The van der Waals surface area contributed by atoms with Gasteiger partial charge in [-0.15, -0.1) is 11.8 Å². The van der Waals surface area contributed by atoms with Gasteiger partial charge in [0, 0.05) is 12.8 Å². The number of allylic oxidation sites excluding steroid dienone is 3. The fourth-order valence-electron chi connectivity index (χ4n) is 5.44. The number of hydrogen-bond donors (Lipinski definition) is 0. The highest BCUT2D eigenvalue weighted by Crippen LogP contribution is 2.53. The molecule has 4 heteroatoms. The number of hydrogen-bond acceptors (Lipinski definition) is 3. The van der Waals surface area contributed by atoms with Gasteiger partial charge in [0.05, 0.1) is 13.2 Å². The molecule has 0 amide bonds. The maximum Gasteiger partial charge on any atom is 0.305 e. The monoisotopic (exact) mass is 486 g/mol. The van der Waals surface area contributed by atoms with Gasteiger partial charge in [0.15, 0.2) is 8.32 Å². The number of rotatable bonds is 10. The van der Waals surface area contributed by atoms with Crippen LogP contribution < -0.4 is 0 Å². The van der Waals surface area contributed by atoms with Crippen molar-refractivity contribution >= 4 is 14.3 Å². The van der Waals surface area contributed by atoms with E-state index in [4.69, 9.17) is 9.16 Å². The standard InChI is InChI=1S/C30H50O3Si/c1-10-11-14-22(2)28(33-34(8,9)30(4,5)6)18-17-26-23(3)19-25-20-24(21-27(25)26)15-12-13-16-29(31)32-7/h15,17-18,22-23,25-28H,12-14,16,19-21H2,1-9H3/b18-17+,24-15+/t22-,23+,25+,26-,27-,28+/m0/s1. The zero-order valence-electron chi connectivity index (χ0n) is 23.4. The van der Waals surface area contributed by atoms with Crippen LogP contribution in [0.3, 0.4) is 0 Å². The predicted octanol–water partition coefficient (Wildman–Crippen LogP) is 7.93. The van der Waals surface area contributed by atoms with Gasteiger partial charge in [-0.25, -0.2) is 0 Å². The molecular formula is C30H50O3Si. The van der Waals surface area contributed by atoms with Crippen LogP contribution in [0.5, 0.6) is 0 Å². The zero-order valence-corrected chi connectivity index (χ0v) is 24.4. The van der Waals surface area contributed by atoms with E-state index >= 15 is 0 Å². The normalized spacial score (nSPS) is 28.0. The molecule has 6 atom stereocenters. The van der Waals surface area contributed by atoms with Crippen LogP contribution in [0, 0.1) is 41.4 Å². The van der Waals surface area contributed by atoms with Crippen molar-refractivity contribution in [3.63, 3.8) is 0 Å². The van der Waals surface area contributed by atoms with Gasteiger partial charge in [-0.05, 0) is 86.7 Å². The van der Waals surface area contributed by atoms with Gasteiger partial charge in [-0.2, -0.15) is 0 Å². The minimum Gasteiger partial charge on any atom is -0.469 e. The topological polar surface area (TPSA) is 35.5 Å². The number of esters is 1. The lowest BCUT2D eigenvalue weighted by Crippen LogP contribution is -2.45. The minimum atomic E-state index is -1.87. The summed E-state index contributed by atoms with van der Waals surface area (Å²) < 4.78 is 11.7. The molecular weight excluding hydrogens is 436 g/mol. The highest BCUT2D eigenvalue weighted by atomic mass is 28.4. The fraction of sp³-hybridized carbons (Fsp3) is 0.767. The van der Waals surface area contributed by atoms with Gasteiger partial charge in [0.2, 0.25) is 0 Å². The molecule has 0 aromatic rings. The second kappa shape index (κ2) is 12.6. The highest BCUT2D eigenvalue weighted by molar-refractivity contribution is 6.74. The molecule has 0 aromatic carbocycles. The Morgan fingerprint density at radius 2 is 1.97 bits per heavy atom. The summed E-state index contributed by atoms with van der Waals surface area (Å²) in [4.78, 5) is 11.4. The Hall–Kier alpha value is -1.31. The first-order valence-electron chi connectivity index (χ1n) is 13.4. The third-order valence-electron chi connectivity index (χ3n) is 8.62. The third kappa shape index (κ3) is 7.85. The number of ether oxygens (including phenoxy) is 1. The summed E-state index contributed by atoms with van der Waals surface area (Å²) in [7, 11) is -0.406. The number of unbranched alkanes of at least 4 members (excludes halogenated alkanes) is 1. The molecule has 0 aromatic heterocycles. The maximum absolute atomic E-state index is 11.4. The van der Waals surface area contributed by atoms with Crippen LogP contribution in [0.25, 0.3) is 0 Å². The average molecular weight is 487 g/mol. The first kappa shape index (κ1) is 28.9. The van der Waals surface area contributed by atoms with Crippen LogP contribution in [0.15, 0.2) is 23.8 Å². The molecule has 0 unspecified atom stereocenters. The molecule has 0 heterocycles. The van der Waals surface area contributed by atoms with Crippen molar-refractivity contribution < 1.29 is 14.0 Å². The van der Waals surface area contributed by atoms with Gasteiger partial charge in [-0.3, -0.25) is 4.79 Å². The summed E-state index contributed by atoms with van der Waals surface area (Å²) in [5.41, 5.74) is 1.60.